The first-order valence-corrected chi connectivity index (χ1v) is 6.65. The lowest BCUT2D eigenvalue weighted by atomic mass is 10.1. The first-order valence-electron chi connectivity index (χ1n) is 6.28. The zero-order valence-electron chi connectivity index (χ0n) is 11.3. The first kappa shape index (κ1) is 13.9. The van der Waals surface area contributed by atoms with E-state index in [1.54, 1.807) is 0 Å². The van der Waals surface area contributed by atoms with Crippen LogP contribution >= 0.6 is 11.6 Å². The molecule has 0 saturated carbocycles. The summed E-state index contributed by atoms with van der Waals surface area (Å²) in [6.07, 6.45) is 4.68. The molecule has 0 amide bonds. The summed E-state index contributed by atoms with van der Waals surface area (Å²) in [6.45, 7) is 1.39. The van der Waals surface area contributed by atoms with E-state index in [2.05, 4.69) is 23.1 Å². The maximum absolute atomic E-state index is 6.26. The van der Waals surface area contributed by atoms with Gasteiger partial charge in [0.2, 0.25) is 0 Å². The fourth-order valence-corrected chi connectivity index (χ4v) is 2.47. The summed E-state index contributed by atoms with van der Waals surface area (Å²) in [4.78, 5) is 2.17. The standard InChI is InChI=1S/C14H19ClN4/c1-18(9-11-8-17-19(2)10-11)14-5-3-4-13(15)12(14)6-7-16/h3-5,8,10H,6-7,9,16H2,1-2H3. The van der Waals surface area contributed by atoms with Crippen LogP contribution in [-0.4, -0.2) is 23.4 Å². The molecular formula is C14H19ClN4. The van der Waals surface area contributed by atoms with Gasteiger partial charge in [-0.25, -0.2) is 0 Å². The SMILES string of the molecule is CN(Cc1cnn(C)c1)c1cccc(Cl)c1CCN. The van der Waals surface area contributed by atoms with Crippen LogP contribution in [0.15, 0.2) is 30.6 Å². The highest BCUT2D eigenvalue weighted by molar-refractivity contribution is 6.31. The molecule has 19 heavy (non-hydrogen) atoms. The largest absolute Gasteiger partial charge is 0.370 e. The van der Waals surface area contributed by atoms with Crippen LogP contribution in [0.5, 0.6) is 0 Å². The third kappa shape index (κ3) is 3.28. The van der Waals surface area contributed by atoms with Crippen LogP contribution in [-0.2, 0) is 20.0 Å². The summed E-state index contributed by atoms with van der Waals surface area (Å²) in [5.41, 5.74) is 9.07. The van der Waals surface area contributed by atoms with E-state index in [9.17, 15) is 0 Å². The Hall–Kier alpha value is -1.52. The molecule has 0 bridgehead atoms. The van der Waals surface area contributed by atoms with Crippen molar-refractivity contribution < 1.29 is 0 Å². The van der Waals surface area contributed by atoms with Gasteiger partial charge in [0.25, 0.3) is 0 Å². The number of aryl methyl sites for hydroxylation is 1. The van der Waals surface area contributed by atoms with Crippen molar-refractivity contribution in [3.8, 4) is 0 Å². The van der Waals surface area contributed by atoms with E-state index in [-0.39, 0.29) is 0 Å². The predicted molar refractivity (Wildman–Crippen MR) is 79.5 cm³/mol. The fraction of sp³-hybridized carbons (Fsp3) is 0.357. The van der Waals surface area contributed by atoms with Gasteiger partial charge < -0.3 is 10.6 Å². The fourth-order valence-electron chi connectivity index (χ4n) is 2.21. The number of benzene rings is 1. The van der Waals surface area contributed by atoms with Crippen LogP contribution in [0.1, 0.15) is 11.1 Å². The molecule has 102 valence electrons. The van der Waals surface area contributed by atoms with Gasteiger partial charge in [0.15, 0.2) is 0 Å². The van der Waals surface area contributed by atoms with Crippen LogP contribution in [0.3, 0.4) is 0 Å². The van der Waals surface area contributed by atoms with Gasteiger partial charge in [-0.1, -0.05) is 17.7 Å². The van der Waals surface area contributed by atoms with Gasteiger partial charge in [0.1, 0.15) is 0 Å². The van der Waals surface area contributed by atoms with E-state index in [4.69, 9.17) is 17.3 Å². The summed E-state index contributed by atoms with van der Waals surface area (Å²) < 4.78 is 1.81. The number of halogens is 1. The van der Waals surface area contributed by atoms with Gasteiger partial charge in [-0.2, -0.15) is 5.10 Å². The van der Waals surface area contributed by atoms with Crippen molar-refractivity contribution in [3.63, 3.8) is 0 Å². The van der Waals surface area contributed by atoms with Crippen molar-refractivity contribution in [2.75, 3.05) is 18.5 Å². The van der Waals surface area contributed by atoms with E-state index in [1.807, 2.05) is 36.3 Å². The number of nitrogens with zero attached hydrogens (tertiary/aromatic N) is 3. The molecule has 1 heterocycles. The zero-order valence-corrected chi connectivity index (χ0v) is 12.1. The van der Waals surface area contributed by atoms with E-state index < -0.39 is 0 Å². The van der Waals surface area contributed by atoms with Gasteiger partial charge in [0, 0.05) is 43.1 Å². The number of anilines is 1. The van der Waals surface area contributed by atoms with E-state index in [0.717, 1.165) is 29.2 Å². The van der Waals surface area contributed by atoms with Crippen molar-refractivity contribution in [1.29, 1.82) is 0 Å². The lowest BCUT2D eigenvalue weighted by Gasteiger charge is -2.22. The Morgan fingerprint density at radius 1 is 1.42 bits per heavy atom. The molecule has 5 heteroatoms. The van der Waals surface area contributed by atoms with E-state index in [1.165, 1.54) is 5.56 Å². The Balaban J connectivity index is 2.23. The van der Waals surface area contributed by atoms with Crippen LogP contribution in [0.4, 0.5) is 5.69 Å². The molecule has 1 aromatic heterocycles. The van der Waals surface area contributed by atoms with E-state index >= 15 is 0 Å². The Bertz CT molecular complexity index is 550. The highest BCUT2D eigenvalue weighted by Gasteiger charge is 2.11. The van der Waals surface area contributed by atoms with Crippen LogP contribution in [0.25, 0.3) is 0 Å². The maximum atomic E-state index is 6.26. The summed E-state index contributed by atoms with van der Waals surface area (Å²) in [7, 11) is 3.97. The second-order valence-corrected chi connectivity index (χ2v) is 5.06. The normalized spacial score (nSPS) is 10.7. The molecule has 2 rings (SSSR count). The lowest BCUT2D eigenvalue weighted by Crippen LogP contribution is -2.19. The molecule has 4 nitrogen and oxygen atoms in total. The Kier molecular flexibility index (Phi) is 4.45. The number of rotatable bonds is 5. The van der Waals surface area contributed by atoms with Crippen LogP contribution in [0.2, 0.25) is 5.02 Å². The summed E-state index contributed by atoms with van der Waals surface area (Å²) in [6, 6.07) is 5.96. The molecule has 0 aliphatic rings. The molecule has 2 aromatic rings. The molecule has 0 aliphatic heterocycles. The molecular weight excluding hydrogens is 260 g/mol. The minimum Gasteiger partial charge on any atom is -0.370 e. The molecule has 1 aromatic carbocycles. The molecule has 0 radical (unpaired) electrons. The minimum absolute atomic E-state index is 0.595. The molecule has 0 saturated heterocycles. The highest BCUT2D eigenvalue weighted by atomic mass is 35.5. The maximum Gasteiger partial charge on any atom is 0.0539 e. The van der Waals surface area contributed by atoms with E-state index in [0.29, 0.717) is 6.54 Å². The van der Waals surface area contributed by atoms with Crippen molar-refractivity contribution >= 4 is 17.3 Å². The Labute approximate surface area is 118 Å². The first-order chi connectivity index (χ1) is 9.11. The quantitative estimate of drug-likeness (QED) is 0.912. The Morgan fingerprint density at radius 2 is 2.21 bits per heavy atom. The van der Waals surface area contributed by atoms with Crippen LogP contribution < -0.4 is 10.6 Å². The predicted octanol–water partition coefficient (Wildman–Crippen LogP) is 2.21. The molecule has 2 N–H and O–H groups in total. The molecule has 0 fully saturated rings. The summed E-state index contributed by atoms with van der Waals surface area (Å²) in [5, 5.41) is 4.96. The van der Waals surface area contributed by atoms with Crippen molar-refractivity contribution in [2.24, 2.45) is 12.8 Å². The zero-order chi connectivity index (χ0) is 13.8. The van der Waals surface area contributed by atoms with Crippen molar-refractivity contribution in [2.45, 2.75) is 13.0 Å². The third-order valence-corrected chi connectivity index (χ3v) is 3.43. The van der Waals surface area contributed by atoms with Crippen molar-refractivity contribution in [3.05, 3.63) is 46.7 Å². The topological polar surface area (TPSA) is 47.1 Å². The average Bonchev–Trinajstić information content (AvgIpc) is 2.77. The monoisotopic (exact) mass is 278 g/mol. The number of hydrogen-bond acceptors (Lipinski definition) is 3. The van der Waals surface area contributed by atoms with Gasteiger partial charge >= 0.3 is 0 Å². The average molecular weight is 279 g/mol. The molecule has 0 aliphatic carbocycles. The number of hydrogen-bond donors (Lipinski definition) is 1. The summed E-state index contributed by atoms with van der Waals surface area (Å²) >= 11 is 6.26. The summed E-state index contributed by atoms with van der Waals surface area (Å²) in [5.74, 6) is 0. The second-order valence-electron chi connectivity index (χ2n) is 4.65. The molecule has 0 atom stereocenters. The highest BCUT2D eigenvalue weighted by Crippen LogP contribution is 2.28. The smallest absolute Gasteiger partial charge is 0.0539 e. The van der Waals surface area contributed by atoms with Gasteiger partial charge in [0.05, 0.1) is 6.20 Å². The lowest BCUT2D eigenvalue weighted by molar-refractivity contribution is 0.766. The van der Waals surface area contributed by atoms with Crippen LogP contribution in [0, 0.1) is 0 Å². The number of aromatic nitrogens is 2. The van der Waals surface area contributed by atoms with Gasteiger partial charge in [-0.3, -0.25) is 4.68 Å². The molecule has 0 unspecified atom stereocenters. The second kappa shape index (κ2) is 6.08. The third-order valence-electron chi connectivity index (χ3n) is 3.08. The molecule has 0 spiro atoms. The Morgan fingerprint density at radius 3 is 2.84 bits per heavy atom. The number of nitrogens with two attached hydrogens (primary N) is 1. The van der Waals surface area contributed by atoms with Gasteiger partial charge in [-0.15, -0.1) is 0 Å². The van der Waals surface area contributed by atoms with Crippen molar-refractivity contribution in [1.82, 2.24) is 9.78 Å². The minimum atomic E-state index is 0.595. The van der Waals surface area contributed by atoms with Gasteiger partial charge in [-0.05, 0) is 30.7 Å².